The zero-order valence-electron chi connectivity index (χ0n) is 15.8. The molecule has 0 atom stereocenters. The SMILES string of the molecule is CN(C)CCOc1ccc(-c2noc(CCCC3CCOCC3)n2)cc1. The lowest BCUT2D eigenvalue weighted by molar-refractivity contribution is 0.0632. The van der Waals surface area contributed by atoms with Crippen LogP contribution in [0.5, 0.6) is 5.75 Å². The molecule has 1 aliphatic heterocycles. The Morgan fingerprint density at radius 2 is 1.92 bits per heavy atom. The molecule has 0 bridgehead atoms. The van der Waals surface area contributed by atoms with E-state index >= 15 is 0 Å². The van der Waals surface area contributed by atoms with Crippen molar-refractivity contribution < 1.29 is 14.0 Å². The van der Waals surface area contributed by atoms with Crippen molar-refractivity contribution in [2.24, 2.45) is 5.92 Å². The van der Waals surface area contributed by atoms with E-state index in [-0.39, 0.29) is 0 Å². The summed E-state index contributed by atoms with van der Waals surface area (Å²) in [5, 5.41) is 4.11. The molecule has 0 N–H and O–H groups in total. The molecule has 6 nitrogen and oxygen atoms in total. The zero-order chi connectivity index (χ0) is 18.2. The van der Waals surface area contributed by atoms with E-state index in [2.05, 4.69) is 15.0 Å². The van der Waals surface area contributed by atoms with E-state index in [1.807, 2.05) is 38.4 Å². The molecule has 142 valence electrons. The van der Waals surface area contributed by atoms with Gasteiger partial charge in [-0.15, -0.1) is 0 Å². The smallest absolute Gasteiger partial charge is 0.226 e. The van der Waals surface area contributed by atoms with Gasteiger partial charge in [-0.2, -0.15) is 4.98 Å². The first-order chi connectivity index (χ1) is 12.7. The lowest BCUT2D eigenvalue weighted by Gasteiger charge is -2.21. The molecule has 2 heterocycles. The third kappa shape index (κ3) is 5.81. The Morgan fingerprint density at radius 1 is 1.15 bits per heavy atom. The van der Waals surface area contributed by atoms with Crippen molar-refractivity contribution in [3.63, 3.8) is 0 Å². The topological polar surface area (TPSA) is 60.6 Å². The van der Waals surface area contributed by atoms with Crippen molar-refractivity contribution in [3.8, 4) is 17.1 Å². The van der Waals surface area contributed by atoms with Crippen molar-refractivity contribution in [2.45, 2.75) is 32.1 Å². The number of aryl methyl sites for hydroxylation is 1. The van der Waals surface area contributed by atoms with Crippen LogP contribution in [0, 0.1) is 5.92 Å². The number of nitrogens with zero attached hydrogens (tertiary/aromatic N) is 3. The molecular formula is C20H29N3O3. The van der Waals surface area contributed by atoms with Crippen molar-refractivity contribution in [1.29, 1.82) is 0 Å². The molecule has 1 saturated heterocycles. The minimum atomic E-state index is 0.644. The number of likely N-dealkylation sites (N-methyl/N-ethyl adjacent to an activating group) is 1. The summed E-state index contributed by atoms with van der Waals surface area (Å²) in [6.45, 7) is 3.38. The number of hydrogen-bond donors (Lipinski definition) is 0. The molecule has 0 amide bonds. The third-order valence-corrected chi connectivity index (χ3v) is 4.73. The molecule has 1 aromatic heterocycles. The Morgan fingerprint density at radius 3 is 2.65 bits per heavy atom. The zero-order valence-corrected chi connectivity index (χ0v) is 15.8. The summed E-state index contributed by atoms with van der Waals surface area (Å²) >= 11 is 0. The predicted octanol–water partition coefficient (Wildman–Crippen LogP) is 3.43. The summed E-state index contributed by atoms with van der Waals surface area (Å²) in [6, 6.07) is 7.85. The van der Waals surface area contributed by atoms with Crippen LogP contribution >= 0.6 is 0 Å². The summed E-state index contributed by atoms with van der Waals surface area (Å²) in [5.41, 5.74) is 0.949. The summed E-state index contributed by atoms with van der Waals surface area (Å²) in [4.78, 5) is 6.62. The first kappa shape index (κ1) is 18.9. The molecule has 0 aliphatic carbocycles. The average molecular weight is 359 g/mol. The molecule has 2 aromatic rings. The van der Waals surface area contributed by atoms with E-state index in [0.717, 1.165) is 55.7 Å². The first-order valence-corrected chi connectivity index (χ1v) is 9.49. The van der Waals surface area contributed by atoms with Crippen molar-refractivity contribution in [2.75, 3.05) is 40.5 Å². The van der Waals surface area contributed by atoms with E-state index < -0.39 is 0 Å². The summed E-state index contributed by atoms with van der Waals surface area (Å²) in [6.07, 6.45) is 5.50. The maximum absolute atomic E-state index is 5.71. The van der Waals surface area contributed by atoms with Crippen LogP contribution in [0.1, 0.15) is 31.6 Å². The molecule has 0 unspecified atom stereocenters. The third-order valence-electron chi connectivity index (χ3n) is 4.73. The average Bonchev–Trinajstić information content (AvgIpc) is 3.12. The minimum Gasteiger partial charge on any atom is -0.492 e. The van der Waals surface area contributed by atoms with Gasteiger partial charge in [-0.1, -0.05) is 5.16 Å². The van der Waals surface area contributed by atoms with Crippen LogP contribution < -0.4 is 4.74 Å². The Bertz CT molecular complexity index is 649. The van der Waals surface area contributed by atoms with Gasteiger partial charge in [-0.25, -0.2) is 0 Å². The van der Waals surface area contributed by atoms with Crippen LogP contribution in [0.3, 0.4) is 0 Å². The standard InChI is InChI=1S/C20H29N3O3/c1-23(2)12-15-25-18-8-6-17(7-9-18)20-21-19(26-22-20)5-3-4-16-10-13-24-14-11-16/h6-9,16H,3-5,10-15H2,1-2H3. The van der Waals surface area contributed by atoms with E-state index in [1.54, 1.807) is 0 Å². The maximum Gasteiger partial charge on any atom is 0.226 e. The highest BCUT2D eigenvalue weighted by molar-refractivity contribution is 5.55. The second-order valence-electron chi connectivity index (χ2n) is 7.14. The molecule has 0 spiro atoms. The van der Waals surface area contributed by atoms with Gasteiger partial charge in [-0.05, 0) is 70.0 Å². The fourth-order valence-electron chi connectivity index (χ4n) is 3.10. The van der Waals surface area contributed by atoms with Gasteiger partial charge in [0, 0.05) is 31.7 Å². The van der Waals surface area contributed by atoms with Crippen LogP contribution in [0.25, 0.3) is 11.4 Å². The highest BCUT2D eigenvalue weighted by atomic mass is 16.5. The van der Waals surface area contributed by atoms with Gasteiger partial charge >= 0.3 is 0 Å². The van der Waals surface area contributed by atoms with E-state index in [0.29, 0.717) is 12.4 Å². The fourth-order valence-corrected chi connectivity index (χ4v) is 3.10. The predicted molar refractivity (Wildman–Crippen MR) is 100 cm³/mol. The largest absolute Gasteiger partial charge is 0.492 e. The van der Waals surface area contributed by atoms with Crippen molar-refractivity contribution in [1.82, 2.24) is 15.0 Å². The number of aromatic nitrogens is 2. The van der Waals surface area contributed by atoms with Gasteiger partial charge < -0.3 is 18.9 Å². The van der Waals surface area contributed by atoms with E-state index in [4.69, 9.17) is 14.0 Å². The van der Waals surface area contributed by atoms with Gasteiger partial charge in [0.25, 0.3) is 0 Å². The molecular weight excluding hydrogens is 330 g/mol. The van der Waals surface area contributed by atoms with Crippen molar-refractivity contribution in [3.05, 3.63) is 30.2 Å². The Labute approximate surface area is 155 Å². The molecule has 1 aliphatic rings. The molecule has 6 heteroatoms. The molecule has 26 heavy (non-hydrogen) atoms. The lowest BCUT2D eigenvalue weighted by atomic mass is 9.94. The minimum absolute atomic E-state index is 0.644. The van der Waals surface area contributed by atoms with E-state index in [1.165, 1.54) is 19.3 Å². The molecule has 0 radical (unpaired) electrons. The lowest BCUT2D eigenvalue weighted by Crippen LogP contribution is -2.19. The second kappa shape index (κ2) is 9.69. The van der Waals surface area contributed by atoms with Crippen LogP contribution in [-0.2, 0) is 11.2 Å². The van der Waals surface area contributed by atoms with Crippen LogP contribution in [0.2, 0.25) is 0 Å². The highest BCUT2D eigenvalue weighted by Gasteiger charge is 2.14. The Kier molecular flexibility index (Phi) is 7.03. The molecule has 1 aromatic carbocycles. The van der Waals surface area contributed by atoms with Gasteiger partial charge in [0.15, 0.2) is 0 Å². The van der Waals surface area contributed by atoms with Crippen LogP contribution in [0.15, 0.2) is 28.8 Å². The van der Waals surface area contributed by atoms with Gasteiger partial charge in [0.05, 0.1) is 0 Å². The first-order valence-electron chi connectivity index (χ1n) is 9.49. The van der Waals surface area contributed by atoms with Crippen molar-refractivity contribution >= 4 is 0 Å². The summed E-state index contributed by atoms with van der Waals surface area (Å²) in [7, 11) is 4.06. The maximum atomic E-state index is 5.71. The van der Waals surface area contributed by atoms with Gasteiger partial charge in [-0.3, -0.25) is 0 Å². The van der Waals surface area contributed by atoms with Gasteiger partial charge in [0.2, 0.25) is 11.7 Å². The van der Waals surface area contributed by atoms with Gasteiger partial charge in [0.1, 0.15) is 12.4 Å². The fraction of sp³-hybridized carbons (Fsp3) is 0.600. The highest BCUT2D eigenvalue weighted by Crippen LogP contribution is 2.23. The summed E-state index contributed by atoms with van der Waals surface area (Å²) in [5.74, 6) is 3.01. The van der Waals surface area contributed by atoms with Crippen LogP contribution in [0.4, 0.5) is 0 Å². The Hall–Kier alpha value is -1.92. The normalized spacial score (nSPS) is 15.5. The second-order valence-corrected chi connectivity index (χ2v) is 7.14. The van der Waals surface area contributed by atoms with E-state index in [9.17, 15) is 0 Å². The molecule has 1 fully saturated rings. The van der Waals surface area contributed by atoms with Crippen LogP contribution in [-0.4, -0.2) is 55.5 Å². The Balaban J connectivity index is 1.46. The monoisotopic (exact) mass is 359 g/mol. The number of ether oxygens (including phenoxy) is 2. The molecule has 3 rings (SSSR count). The molecule has 0 saturated carbocycles. The number of rotatable bonds is 9. The summed E-state index contributed by atoms with van der Waals surface area (Å²) < 4.78 is 16.5. The number of benzene rings is 1. The quantitative estimate of drug-likeness (QED) is 0.684. The number of hydrogen-bond acceptors (Lipinski definition) is 6.